The summed E-state index contributed by atoms with van der Waals surface area (Å²) < 4.78 is 18.1. The van der Waals surface area contributed by atoms with Gasteiger partial charge in [0.25, 0.3) is 0 Å². The fraction of sp³-hybridized carbons (Fsp3) is 0.462. The van der Waals surface area contributed by atoms with Crippen LogP contribution < -0.4 is 0 Å². The van der Waals surface area contributed by atoms with E-state index in [0.717, 1.165) is 5.56 Å². The van der Waals surface area contributed by atoms with Crippen LogP contribution in [-0.4, -0.2) is 18.7 Å². The zero-order chi connectivity index (χ0) is 12.0. The fourth-order valence-electron chi connectivity index (χ4n) is 1.41. The molecular formula is C13H17FO2. The van der Waals surface area contributed by atoms with Crippen molar-refractivity contribution in [2.75, 3.05) is 6.61 Å². The summed E-state index contributed by atoms with van der Waals surface area (Å²) in [6.07, 6.45) is -0.322. The molecule has 0 N–H and O–H groups in total. The van der Waals surface area contributed by atoms with Crippen LogP contribution in [0.1, 0.15) is 24.5 Å². The minimum Gasteiger partial charge on any atom is -0.466 e. The van der Waals surface area contributed by atoms with Gasteiger partial charge in [-0.1, -0.05) is 29.8 Å². The van der Waals surface area contributed by atoms with Crippen LogP contribution >= 0.6 is 0 Å². The molecule has 0 aromatic heterocycles. The second-order valence-corrected chi connectivity index (χ2v) is 3.92. The topological polar surface area (TPSA) is 26.3 Å². The third-order valence-electron chi connectivity index (χ3n) is 2.31. The highest BCUT2D eigenvalue weighted by Gasteiger charge is 2.08. The maximum atomic E-state index is 13.4. The molecule has 0 saturated carbocycles. The van der Waals surface area contributed by atoms with Gasteiger partial charge in [-0.05, 0) is 12.5 Å². The van der Waals surface area contributed by atoms with Gasteiger partial charge in [0, 0.05) is 19.8 Å². The van der Waals surface area contributed by atoms with Crippen molar-refractivity contribution in [1.29, 1.82) is 0 Å². The van der Waals surface area contributed by atoms with Gasteiger partial charge in [0.15, 0.2) is 0 Å². The van der Waals surface area contributed by atoms with E-state index >= 15 is 0 Å². The highest BCUT2D eigenvalue weighted by molar-refractivity contribution is 5.65. The lowest BCUT2D eigenvalue weighted by molar-refractivity contribution is -0.141. The summed E-state index contributed by atoms with van der Waals surface area (Å²) in [5, 5.41) is 0. The van der Waals surface area contributed by atoms with Gasteiger partial charge >= 0.3 is 5.97 Å². The quantitative estimate of drug-likeness (QED) is 0.719. The Labute approximate surface area is 95.4 Å². The second kappa shape index (κ2) is 6.26. The molecule has 1 aromatic rings. The summed E-state index contributed by atoms with van der Waals surface area (Å²) in [4.78, 5) is 10.5. The molecule has 1 atom stereocenters. The minimum atomic E-state index is -0.956. The van der Waals surface area contributed by atoms with Crippen LogP contribution in [0.15, 0.2) is 24.3 Å². The van der Waals surface area contributed by atoms with Crippen molar-refractivity contribution < 1.29 is 13.9 Å². The van der Waals surface area contributed by atoms with Gasteiger partial charge in [-0.25, -0.2) is 4.39 Å². The van der Waals surface area contributed by atoms with E-state index in [1.54, 1.807) is 0 Å². The molecule has 0 aliphatic heterocycles. The van der Waals surface area contributed by atoms with Crippen molar-refractivity contribution >= 4 is 5.97 Å². The first kappa shape index (κ1) is 12.7. The van der Waals surface area contributed by atoms with Crippen LogP contribution in [0.25, 0.3) is 0 Å². The molecule has 2 nitrogen and oxygen atoms in total. The average Bonchev–Trinajstić information content (AvgIpc) is 2.21. The number of rotatable bonds is 5. The highest BCUT2D eigenvalue weighted by atomic mass is 19.1. The molecule has 0 radical (unpaired) electrons. The Balaban J connectivity index is 2.31. The van der Waals surface area contributed by atoms with Gasteiger partial charge in [-0.2, -0.15) is 0 Å². The molecule has 88 valence electrons. The maximum Gasteiger partial charge on any atom is 0.302 e. The molecule has 16 heavy (non-hydrogen) atoms. The molecule has 0 aliphatic carbocycles. The zero-order valence-electron chi connectivity index (χ0n) is 9.70. The van der Waals surface area contributed by atoms with Crippen molar-refractivity contribution in [1.82, 2.24) is 0 Å². The van der Waals surface area contributed by atoms with Gasteiger partial charge in [0.2, 0.25) is 0 Å². The highest BCUT2D eigenvalue weighted by Crippen LogP contribution is 2.10. The Morgan fingerprint density at radius 1 is 1.38 bits per heavy atom. The number of carbonyl (C=O) groups is 1. The molecule has 0 fully saturated rings. The van der Waals surface area contributed by atoms with Gasteiger partial charge in [0.1, 0.15) is 6.17 Å². The number of benzene rings is 1. The largest absolute Gasteiger partial charge is 0.466 e. The Morgan fingerprint density at radius 3 is 2.56 bits per heavy atom. The van der Waals surface area contributed by atoms with E-state index in [-0.39, 0.29) is 19.0 Å². The number of aryl methyl sites for hydroxylation is 1. The van der Waals surface area contributed by atoms with Crippen molar-refractivity contribution in [2.45, 2.75) is 32.9 Å². The first-order valence-corrected chi connectivity index (χ1v) is 5.41. The number of halogens is 1. The minimum absolute atomic E-state index is 0.155. The number of hydrogen-bond acceptors (Lipinski definition) is 2. The zero-order valence-corrected chi connectivity index (χ0v) is 9.70. The Hall–Kier alpha value is -1.38. The van der Waals surface area contributed by atoms with Crippen LogP contribution in [0.4, 0.5) is 4.39 Å². The molecule has 3 heteroatoms. The van der Waals surface area contributed by atoms with E-state index < -0.39 is 6.17 Å². The SMILES string of the molecule is CC(=O)OCCC(F)Cc1ccc(C)cc1. The van der Waals surface area contributed by atoms with E-state index in [2.05, 4.69) is 0 Å². The van der Waals surface area contributed by atoms with Crippen LogP contribution in [0.3, 0.4) is 0 Å². The van der Waals surface area contributed by atoms with Crippen LogP contribution in [-0.2, 0) is 16.0 Å². The summed E-state index contributed by atoms with van der Waals surface area (Å²) in [5.74, 6) is -0.359. The Morgan fingerprint density at radius 2 is 2.00 bits per heavy atom. The molecule has 0 bridgehead atoms. The fourth-order valence-corrected chi connectivity index (χ4v) is 1.41. The van der Waals surface area contributed by atoms with Crippen molar-refractivity contribution in [3.05, 3.63) is 35.4 Å². The third kappa shape index (κ3) is 4.91. The molecule has 1 aromatic carbocycles. The van der Waals surface area contributed by atoms with E-state index in [1.807, 2.05) is 31.2 Å². The predicted molar refractivity (Wildman–Crippen MR) is 61.0 cm³/mol. The van der Waals surface area contributed by atoms with Crippen molar-refractivity contribution in [3.63, 3.8) is 0 Å². The molecule has 0 heterocycles. The Kier molecular flexibility index (Phi) is 4.96. The number of hydrogen-bond donors (Lipinski definition) is 0. The average molecular weight is 224 g/mol. The normalized spacial score (nSPS) is 12.2. The number of alkyl halides is 1. The molecule has 0 saturated heterocycles. The standard InChI is InChI=1S/C13H17FO2/c1-10-3-5-12(6-4-10)9-13(14)7-8-16-11(2)15/h3-6,13H,7-9H2,1-2H3. The van der Waals surface area contributed by atoms with Gasteiger partial charge < -0.3 is 4.74 Å². The summed E-state index contributed by atoms with van der Waals surface area (Å²) in [6.45, 7) is 3.48. The third-order valence-corrected chi connectivity index (χ3v) is 2.31. The Bertz CT molecular complexity index is 332. The van der Waals surface area contributed by atoms with Gasteiger partial charge in [0.05, 0.1) is 6.61 Å². The van der Waals surface area contributed by atoms with Crippen molar-refractivity contribution in [2.24, 2.45) is 0 Å². The van der Waals surface area contributed by atoms with Gasteiger partial charge in [-0.15, -0.1) is 0 Å². The molecule has 1 unspecified atom stereocenters. The van der Waals surface area contributed by atoms with Crippen LogP contribution in [0, 0.1) is 6.92 Å². The van der Waals surface area contributed by atoms with E-state index in [1.165, 1.54) is 12.5 Å². The molecule has 0 spiro atoms. The number of esters is 1. The maximum absolute atomic E-state index is 13.4. The molecule has 0 amide bonds. The van der Waals surface area contributed by atoms with E-state index in [4.69, 9.17) is 4.74 Å². The lowest BCUT2D eigenvalue weighted by atomic mass is 10.1. The summed E-state index contributed by atoms with van der Waals surface area (Å²) in [6, 6.07) is 7.78. The summed E-state index contributed by atoms with van der Waals surface area (Å²) in [7, 11) is 0. The van der Waals surface area contributed by atoms with Crippen LogP contribution in [0.5, 0.6) is 0 Å². The van der Waals surface area contributed by atoms with Gasteiger partial charge in [-0.3, -0.25) is 4.79 Å². The lowest BCUT2D eigenvalue weighted by Crippen LogP contribution is -2.10. The van der Waals surface area contributed by atoms with E-state index in [0.29, 0.717) is 6.42 Å². The monoisotopic (exact) mass is 224 g/mol. The second-order valence-electron chi connectivity index (χ2n) is 3.92. The van der Waals surface area contributed by atoms with Crippen molar-refractivity contribution in [3.8, 4) is 0 Å². The molecule has 0 aliphatic rings. The number of carbonyl (C=O) groups excluding carboxylic acids is 1. The molecule has 1 rings (SSSR count). The van der Waals surface area contributed by atoms with Crippen LogP contribution in [0.2, 0.25) is 0 Å². The lowest BCUT2D eigenvalue weighted by Gasteiger charge is -2.08. The predicted octanol–water partition coefficient (Wildman–Crippen LogP) is 2.83. The van der Waals surface area contributed by atoms with E-state index in [9.17, 15) is 9.18 Å². The summed E-state index contributed by atoms with van der Waals surface area (Å²) >= 11 is 0. The first-order valence-electron chi connectivity index (χ1n) is 5.41. The smallest absolute Gasteiger partial charge is 0.302 e. The first-order chi connectivity index (χ1) is 7.58. The molecular weight excluding hydrogens is 207 g/mol. The number of ether oxygens (including phenoxy) is 1. The summed E-state index contributed by atoms with van der Waals surface area (Å²) in [5.41, 5.74) is 2.14.